The maximum absolute atomic E-state index is 12.3. The summed E-state index contributed by atoms with van der Waals surface area (Å²) < 4.78 is 32.4. The minimum Gasteiger partial charge on any atom is -0.497 e. The van der Waals surface area contributed by atoms with E-state index in [1.54, 1.807) is 52.1 Å². The number of hydrogen-bond donors (Lipinski definition) is 2. The molecule has 6 nitrogen and oxygen atoms in total. The fraction of sp³-hybridized carbons (Fsp3) is 0.409. The van der Waals surface area contributed by atoms with E-state index in [0.717, 1.165) is 16.9 Å². The molecule has 0 aromatic heterocycles. The molecule has 29 heavy (non-hydrogen) atoms. The predicted molar refractivity (Wildman–Crippen MR) is 114 cm³/mol. The van der Waals surface area contributed by atoms with Gasteiger partial charge in [0.15, 0.2) is 0 Å². The van der Waals surface area contributed by atoms with Gasteiger partial charge in [-0.2, -0.15) is 0 Å². The minimum absolute atomic E-state index is 0.0561. The van der Waals surface area contributed by atoms with Gasteiger partial charge in [0.2, 0.25) is 15.9 Å². The van der Waals surface area contributed by atoms with Crippen molar-refractivity contribution in [2.45, 2.75) is 57.0 Å². The van der Waals surface area contributed by atoms with Crippen LogP contribution >= 0.6 is 0 Å². The van der Waals surface area contributed by atoms with Crippen molar-refractivity contribution in [2.24, 2.45) is 0 Å². The lowest BCUT2D eigenvalue weighted by molar-refractivity contribution is -0.121. The molecule has 0 heterocycles. The molecule has 2 N–H and O–H groups in total. The van der Waals surface area contributed by atoms with E-state index in [-0.39, 0.29) is 16.8 Å². The topological polar surface area (TPSA) is 84.5 Å². The third kappa shape index (κ3) is 7.18. The summed E-state index contributed by atoms with van der Waals surface area (Å²) in [7, 11) is -1.94. The van der Waals surface area contributed by atoms with Gasteiger partial charge in [0.25, 0.3) is 0 Å². The molecule has 2 rings (SSSR count). The van der Waals surface area contributed by atoms with E-state index in [9.17, 15) is 13.2 Å². The number of carbonyl (C=O) groups is 1. The van der Waals surface area contributed by atoms with Gasteiger partial charge in [0, 0.05) is 12.0 Å². The van der Waals surface area contributed by atoms with Gasteiger partial charge in [-0.25, -0.2) is 13.1 Å². The second-order valence-electron chi connectivity index (χ2n) is 8.06. The van der Waals surface area contributed by atoms with Crippen LogP contribution in [0, 0.1) is 0 Å². The molecule has 1 atom stereocenters. The summed E-state index contributed by atoms with van der Waals surface area (Å²) in [6.45, 7) is 7.32. The number of carbonyl (C=O) groups excluding carboxylic acids is 1. The largest absolute Gasteiger partial charge is 0.497 e. The van der Waals surface area contributed by atoms with Crippen LogP contribution in [0.1, 0.15) is 51.3 Å². The summed E-state index contributed by atoms with van der Waals surface area (Å²) in [4.78, 5) is 12.5. The number of nitrogens with one attached hydrogen (secondary N) is 2. The summed E-state index contributed by atoms with van der Waals surface area (Å²) in [6.07, 6.45) is 0.862. The molecule has 0 unspecified atom stereocenters. The highest BCUT2D eigenvalue weighted by Crippen LogP contribution is 2.18. The van der Waals surface area contributed by atoms with Crippen molar-refractivity contribution in [3.63, 3.8) is 0 Å². The Morgan fingerprint density at radius 2 is 1.62 bits per heavy atom. The Bertz CT molecular complexity index is 915. The quantitative estimate of drug-likeness (QED) is 0.686. The molecule has 1 amide bonds. The van der Waals surface area contributed by atoms with Crippen molar-refractivity contribution in [2.75, 3.05) is 7.11 Å². The zero-order valence-corrected chi connectivity index (χ0v) is 18.5. The number of rotatable bonds is 8. The van der Waals surface area contributed by atoms with E-state index < -0.39 is 15.6 Å². The maximum Gasteiger partial charge on any atom is 0.241 e. The SMILES string of the molecule is COc1ccc([C@@H](C)NC(=O)CCc2ccc(S(=O)(=O)NC(C)(C)C)cc2)cc1. The van der Waals surface area contributed by atoms with Gasteiger partial charge in [-0.05, 0) is 69.5 Å². The smallest absolute Gasteiger partial charge is 0.241 e. The summed E-state index contributed by atoms with van der Waals surface area (Å²) in [5, 5.41) is 2.98. The van der Waals surface area contributed by atoms with Gasteiger partial charge in [0.1, 0.15) is 5.75 Å². The van der Waals surface area contributed by atoms with Crippen LogP contribution in [0.5, 0.6) is 5.75 Å². The van der Waals surface area contributed by atoms with Gasteiger partial charge in [-0.1, -0.05) is 24.3 Å². The molecule has 0 aliphatic carbocycles. The van der Waals surface area contributed by atoms with Crippen LogP contribution in [-0.4, -0.2) is 27.0 Å². The number of amides is 1. The predicted octanol–water partition coefficient (Wildman–Crippen LogP) is 3.58. The van der Waals surface area contributed by atoms with Crippen molar-refractivity contribution < 1.29 is 17.9 Å². The van der Waals surface area contributed by atoms with Crippen LogP contribution in [0.2, 0.25) is 0 Å². The van der Waals surface area contributed by atoms with E-state index >= 15 is 0 Å². The lowest BCUT2D eigenvalue weighted by atomic mass is 10.1. The van der Waals surface area contributed by atoms with E-state index in [1.807, 2.05) is 31.2 Å². The molecule has 0 radical (unpaired) electrons. The first kappa shape index (κ1) is 22.9. The molecule has 158 valence electrons. The van der Waals surface area contributed by atoms with Crippen LogP contribution in [0.3, 0.4) is 0 Å². The molecule has 2 aromatic carbocycles. The Kier molecular flexibility index (Phi) is 7.43. The Hall–Kier alpha value is -2.38. The van der Waals surface area contributed by atoms with Crippen molar-refractivity contribution in [3.05, 3.63) is 59.7 Å². The van der Waals surface area contributed by atoms with E-state index in [2.05, 4.69) is 10.0 Å². The van der Waals surface area contributed by atoms with Crippen LogP contribution < -0.4 is 14.8 Å². The average molecular weight is 419 g/mol. The van der Waals surface area contributed by atoms with Crippen molar-refractivity contribution in [3.8, 4) is 5.75 Å². The van der Waals surface area contributed by atoms with E-state index in [4.69, 9.17) is 4.74 Å². The maximum atomic E-state index is 12.3. The fourth-order valence-corrected chi connectivity index (χ4v) is 4.26. The number of aryl methyl sites for hydroxylation is 1. The first-order chi connectivity index (χ1) is 13.5. The van der Waals surface area contributed by atoms with Crippen LogP contribution in [0.15, 0.2) is 53.4 Å². The molecule has 2 aromatic rings. The highest BCUT2D eigenvalue weighted by Gasteiger charge is 2.21. The molecule has 7 heteroatoms. The second-order valence-corrected chi connectivity index (χ2v) is 9.74. The lowest BCUT2D eigenvalue weighted by Crippen LogP contribution is -2.40. The van der Waals surface area contributed by atoms with E-state index in [1.165, 1.54) is 0 Å². The molecular weight excluding hydrogens is 388 g/mol. The van der Waals surface area contributed by atoms with Gasteiger partial charge < -0.3 is 10.1 Å². The van der Waals surface area contributed by atoms with Crippen molar-refractivity contribution >= 4 is 15.9 Å². The number of sulfonamides is 1. The molecular formula is C22H30N2O4S. The highest BCUT2D eigenvalue weighted by atomic mass is 32.2. The van der Waals surface area contributed by atoms with Gasteiger partial charge in [-0.3, -0.25) is 4.79 Å². The van der Waals surface area contributed by atoms with Gasteiger partial charge in [-0.15, -0.1) is 0 Å². The standard InChI is InChI=1S/C22H30N2O4S/c1-16(18-9-11-19(28-5)12-10-18)23-21(25)15-8-17-6-13-20(14-7-17)29(26,27)24-22(2,3)4/h6-7,9-14,16,24H,8,15H2,1-5H3,(H,23,25)/t16-/m1/s1. The Morgan fingerprint density at radius 1 is 1.03 bits per heavy atom. The summed E-state index contributed by atoms with van der Waals surface area (Å²) in [5.74, 6) is 0.717. The van der Waals surface area contributed by atoms with Crippen molar-refractivity contribution in [1.29, 1.82) is 0 Å². The normalized spacial score (nSPS) is 13.0. The Labute approximate surface area is 173 Å². The molecule has 0 spiro atoms. The summed E-state index contributed by atoms with van der Waals surface area (Å²) in [5.41, 5.74) is 1.36. The first-order valence-corrected chi connectivity index (χ1v) is 11.0. The summed E-state index contributed by atoms with van der Waals surface area (Å²) >= 11 is 0. The third-order valence-electron chi connectivity index (χ3n) is 4.31. The zero-order valence-electron chi connectivity index (χ0n) is 17.7. The molecule has 0 aliphatic rings. The Morgan fingerprint density at radius 3 is 2.14 bits per heavy atom. The lowest BCUT2D eigenvalue weighted by Gasteiger charge is -2.20. The Balaban J connectivity index is 1.89. The molecule has 0 bridgehead atoms. The number of benzene rings is 2. The molecule has 0 aliphatic heterocycles. The minimum atomic E-state index is -3.56. The third-order valence-corrected chi connectivity index (χ3v) is 6.08. The average Bonchev–Trinajstić information content (AvgIpc) is 2.65. The van der Waals surface area contributed by atoms with Crippen LogP contribution in [0.4, 0.5) is 0 Å². The first-order valence-electron chi connectivity index (χ1n) is 9.56. The van der Waals surface area contributed by atoms with Gasteiger partial charge >= 0.3 is 0 Å². The second kappa shape index (κ2) is 9.41. The highest BCUT2D eigenvalue weighted by molar-refractivity contribution is 7.89. The monoisotopic (exact) mass is 418 g/mol. The number of methoxy groups -OCH3 is 1. The molecule has 0 saturated heterocycles. The molecule has 0 saturated carbocycles. The van der Waals surface area contributed by atoms with Crippen LogP contribution in [-0.2, 0) is 21.2 Å². The van der Waals surface area contributed by atoms with Crippen molar-refractivity contribution in [1.82, 2.24) is 10.0 Å². The van der Waals surface area contributed by atoms with E-state index in [0.29, 0.717) is 12.8 Å². The summed E-state index contributed by atoms with van der Waals surface area (Å²) in [6, 6.07) is 14.1. The number of ether oxygens (including phenoxy) is 1. The molecule has 0 fully saturated rings. The number of hydrogen-bond acceptors (Lipinski definition) is 4. The van der Waals surface area contributed by atoms with Gasteiger partial charge in [0.05, 0.1) is 18.0 Å². The van der Waals surface area contributed by atoms with Crippen LogP contribution in [0.25, 0.3) is 0 Å². The zero-order chi connectivity index (χ0) is 21.7. The fourth-order valence-electron chi connectivity index (χ4n) is 2.84.